The highest BCUT2D eigenvalue weighted by atomic mass is 16.3. The van der Waals surface area contributed by atoms with Gasteiger partial charge in [0, 0.05) is 17.7 Å². The van der Waals surface area contributed by atoms with Gasteiger partial charge in [-0.1, -0.05) is 60.7 Å². The fourth-order valence-corrected chi connectivity index (χ4v) is 2.11. The van der Waals surface area contributed by atoms with Crippen LogP contribution in [0.1, 0.15) is 24.5 Å². The monoisotopic (exact) mass is 340 g/mol. The Hall–Kier alpha value is -2.88. The Morgan fingerprint density at radius 1 is 0.920 bits per heavy atom. The summed E-state index contributed by atoms with van der Waals surface area (Å²) in [6.07, 6.45) is 3.12. The summed E-state index contributed by atoms with van der Waals surface area (Å²) in [4.78, 5) is 29.0. The number of isocyanates is 2. The Balaban J connectivity index is 0.000000450. The minimum absolute atomic E-state index is 0.0810. The number of aliphatic hydroxyl groups excluding tert-OH is 2. The van der Waals surface area contributed by atoms with Gasteiger partial charge in [0.25, 0.3) is 0 Å². The smallest absolute Gasteiger partial charge is 0.238 e. The molecule has 0 saturated heterocycles. The van der Waals surface area contributed by atoms with Crippen molar-refractivity contribution in [2.45, 2.75) is 25.1 Å². The maximum atomic E-state index is 10.8. The zero-order valence-electron chi connectivity index (χ0n) is 13.9. The molecule has 0 aliphatic rings. The first-order valence-corrected chi connectivity index (χ1v) is 7.68. The van der Waals surface area contributed by atoms with Crippen LogP contribution in [0.3, 0.4) is 0 Å². The van der Waals surface area contributed by atoms with Gasteiger partial charge in [0.15, 0.2) is 0 Å². The quantitative estimate of drug-likeness (QED) is 0.622. The molecule has 2 aromatic rings. The summed E-state index contributed by atoms with van der Waals surface area (Å²) in [5, 5.41) is 16.5. The Bertz CT molecular complexity index is 660. The van der Waals surface area contributed by atoms with Crippen LogP contribution in [0.2, 0.25) is 0 Å². The van der Waals surface area contributed by atoms with Crippen LogP contribution in [0.25, 0.3) is 0 Å². The van der Waals surface area contributed by atoms with E-state index in [1.807, 2.05) is 12.1 Å². The van der Waals surface area contributed by atoms with E-state index < -0.39 is 5.66 Å². The Morgan fingerprint density at radius 3 is 1.56 bits per heavy atom. The van der Waals surface area contributed by atoms with Gasteiger partial charge in [-0.05, 0) is 13.3 Å². The van der Waals surface area contributed by atoms with Gasteiger partial charge in [-0.25, -0.2) is 9.59 Å². The van der Waals surface area contributed by atoms with Crippen LogP contribution in [0, 0.1) is 0 Å². The zero-order valence-corrected chi connectivity index (χ0v) is 13.9. The lowest BCUT2D eigenvalue weighted by atomic mass is 9.92. The minimum atomic E-state index is -1.41. The largest absolute Gasteiger partial charge is 0.396 e. The molecule has 0 aromatic heterocycles. The van der Waals surface area contributed by atoms with E-state index >= 15 is 0 Å². The third-order valence-electron chi connectivity index (χ3n) is 3.31. The predicted octanol–water partition coefficient (Wildman–Crippen LogP) is 2.31. The summed E-state index contributed by atoms with van der Waals surface area (Å²) in [6.45, 7) is 1.73. The van der Waals surface area contributed by atoms with Crippen LogP contribution in [0.5, 0.6) is 0 Å². The fraction of sp³-hybridized carbons (Fsp3) is 0.263. The second-order valence-corrected chi connectivity index (χ2v) is 5.17. The molecule has 0 amide bonds. The van der Waals surface area contributed by atoms with Crippen molar-refractivity contribution in [2.75, 3.05) is 6.61 Å². The number of hydrogen-bond donors (Lipinski definition) is 2. The summed E-state index contributed by atoms with van der Waals surface area (Å²) in [7, 11) is 0. The molecule has 1 atom stereocenters. The van der Waals surface area contributed by atoms with Crippen LogP contribution in [-0.4, -0.2) is 35.1 Å². The number of hydrogen-bond acceptors (Lipinski definition) is 6. The highest BCUT2D eigenvalue weighted by Crippen LogP contribution is 2.34. The van der Waals surface area contributed by atoms with Crippen LogP contribution in [0.4, 0.5) is 0 Å². The fourth-order valence-electron chi connectivity index (χ4n) is 2.11. The molecule has 0 aliphatic carbocycles. The molecule has 0 spiro atoms. The summed E-state index contributed by atoms with van der Waals surface area (Å²) < 4.78 is 0. The molecule has 0 aliphatic heterocycles. The molecule has 0 saturated carbocycles. The first kappa shape index (κ1) is 20.2. The van der Waals surface area contributed by atoms with Gasteiger partial charge in [-0.2, -0.15) is 9.98 Å². The van der Waals surface area contributed by atoms with E-state index in [9.17, 15) is 9.59 Å². The van der Waals surface area contributed by atoms with E-state index in [2.05, 4.69) is 9.98 Å². The van der Waals surface area contributed by atoms with Crippen LogP contribution in [-0.2, 0) is 15.3 Å². The van der Waals surface area contributed by atoms with E-state index in [0.29, 0.717) is 17.5 Å². The van der Waals surface area contributed by atoms with Gasteiger partial charge in [0.1, 0.15) is 0 Å². The summed E-state index contributed by atoms with van der Waals surface area (Å²) in [5.74, 6) is 0. The molecule has 0 fully saturated rings. The van der Waals surface area contributed by atoms with Gasteiger partial charge >= 0.3 is 0 Å². The minimum Gasteiger partial charge on any atom is -0.396 e. The molecule has 6 heteroatoms. The molecule has 0 radical (unpaired) electrons. The van der Waals surface area contributed by atoms with E-state index in [0.717, 1.165) is 0 Å². The van der Waals surface area contributed by atoms with Crippen LogP contribution < -0.4 is 0 Å². The topological polar surface area (TPSA) is 99.3 Å². The average Bonchev–Trinajstić information content (AvgIpc) is 2.63. The third kappa shape index (κ3) is 5.92. The number of aliphatic hydroxyl groups is 2. The third-order valence-corrected chi connectivity index (χ3v) is 3.31. The first-order valence-electron chi connectivity index (χ1n) is 7.68. The zero-order chi connectivity index (χ0) is 18.5. The number of nitrogens with zero attached hydrogens (tertiary/aromatic N) is 2. The number of carbonyl (C=O) groups excluding carboxylic acids is 2. The Labute approximate surface area is 146 Å². The van der Waals surface area contributed by atoms with Gasteiger partial charge in [0.05, 0.1) is 6.10 Å². The predicted molar refractivity (Wildman–Crippen MR) is 93.3 cm³/mol. The van der Waals surface area contributed by atoms with Crippen molar-refractivity contribution in [3.8, 4) is 0 Å². The van der Waals surface area contributed by atoms with Gasteiger partial charge in [-0.15, -0.1) is 0 Å². The Morgan fingerprint density at radius 2 is 1.32 bits per heavy atom. The Kier molecular flexibility index (Phi) is 8.72. The van der Waals surface area contributed by atoms with Crippen LogP contribution in [0.15, 0.2) is 70.6 Å². The molecule has 25 heavy (non-hydrogen) atoms. The lowest BCUT2D eigenvalue weighted by molar-refractivity contribution is 0.148. The van der Waals surface area contributed by atoms with Gasteiger partial charge < -0.3 is 10.2 Å². The van der Waals surface area contributed by atoms with E-state index in [4.69, 9.17) is 10.2 Å². The molecule has 0 heterocycles. The van der Waals surface area contributed by atoms with Crippen molar-refractivity contribution in [1.29, 1.82) is 0 Å². The van der Waals surface area contributed by atoms with Crippen molar-refractivity contribution in [3.63, 3.8) is 0 Å². The maximum Gasteiger partial charge on any atom is 0.238 e. The number of benzene rings is 2. The summed E-state index contributed by atoms with van der Waals surface area (Å²) in [6, 6.07) is 17.8. The van der Waals surface area contributed by atoms with Crippen molar-refractivity contribution in [1.82, 2.24) is 0 Å². The van der Waals surface area contributed by atoms with E-state index in [1.165, 1.54) is 12.2 Å². The van der Waals surface area contributed by atoms with Gasteiger partial charge in [-0.3, -0.25) is 0 Å². The van der Waals surface area contributed by atoms with Crippen molar-refractivity contribution >= 4 is 12.2 Å². The molecule has 2 aromatic carbocycles. The van der Waals surface area contributed by atoms with Crippen molar-refractivity contribution < 1.29 is 19.8 Å². The standard InChI is InChI=1S/C15H10N2O2.C4H10O2/c18-11-16-15(17-12-19,13-7-3-1-4-8-13)14-9-5-2-6-10-14;1-4(6)2-3-5/h1-10H;4-6H,2-3H2,1H3. The highest BCUT2D eigenvalue weighted by molar-refractivity contribution is 5.49. The lowest BCUT2D eigenvalue weighted by Crippen LogP contribution is -2.22. The number of aliphatic imine (C=N–C) groups is 2. The normalized spacial score (nSPS) is 11.2. The molecule has 1 unspecified atom stereocenters. The summed E-state index contributed by atoms with van der Waals surface area (Å²) >= 11 is 0. The second-order valence-electron chi connectivity index (χ2n) is 5.17. The summed E-state index contributed by atoms with van der Waals surface area (Å²) in [5.41, 5.74) is -0.202. The molecule has 2 N–H and O–H groups in total. The number of rotatable bonds is 6. The van der Waals surface area contributed by atoms with Crippen molar-refractivity contribution in [3.05, 3.63) is 71.8 Å². The maximum absolute atomic E-state index is 10.8. The lowest BCUT2D eigenvalue weighted by Gasteiger charge is -2.22. The molecule has 0 bridgehead atoms. The van der Waals surface area contributed by atoms with Crippen molar-refractivity contribution in [2.24, 2.45) is 9.98 Å². The molecule has 2 rings (SSSR count). The average molecular weight is 340 g/mol. The highest BCUT2D eigenvalue weighted by Gasteiger charge is 2.33. The van der Waals surface area contributed by atoms with E-state index in [1.54, 1.807) is 55.5 Å². The molecular weight excluding hydrogens is 320 g/mol. The SMILES string of the molecule is CC(O)CCO.O=C=NC(N=C=O)(c1ccccc1)c1ccccc1. The second kappa shape index (κ2) is 10.8. The molecular formula is C19H20N2O4. The molecule has 130 valence electrons. The van der Waals surface area contributed by atoms with E-state index in [-0.39, 0.29) is 12.7 Å². The van der Waals surface area contributed by atoms with Gasteiger partial charge in [0.2, 0.25) is 17.8 Å². The first-order chi connectivity index (χ1) is 12.1. The molecule has 6 nitrogen and oxygen atoms in total. The van der Waals surface area contributed by atoms with Crippen LogP contribution >= 0.6 is 0 Å².